The maximum Gasteiger partial charge on any atom is -0.00207 e. The molecule has 0 heterocycles. The molecule has 0 spiro atoms. The maximum absolute atomic E-state index is 6.50. The zero-order valence-corrected chi connectivity index (χ0v) is 28.4. The molecule has 0 nitrogen and oxygen atoms in total. The molecule has 0 amide bonds. The normalized spacial score (nSPS) is 11.9. The van der Waals surface area contributed by atoms with Gasteiger partial charge in [-0.1, -0.05) is 145 Å². The van der Waals surface area contributed by atoms with Crippen molar-refractivity contribution in [2.75, 3.05) is 48.5 Å². The van der Waals surface area contributed by atoms with Crippen molar-refractivity contribution in [1.82, 2.24) is 0 Å². The third kappa shape index (κ3) is 12.3. The predicted octanol–water partition coefficient (Wildman–Crippen LogP) is 9.65. The quantitative estimate of drug-likeness (QED) is 0.0790. The van der Waals surface area contributed by atoms with Crippen molar-refractivity contribution in [2.45, 2.75) is 25.7 Å². The standard InChI is InChI=1S/C36H44P2S3/c39-37(25-21-33-13-5-1-6-14-33,26-22-34-15-7-2-8-16-34)29-31-41-32-30-38(40,27-23-35-17-9-3-10-18-35)28-24-36-19-11-4-12-20-36/h1-20H,21-32H2. The number of hydrogen-bond acceptors (Lipinski definition) is 3. The summed E-state index contributed by atoms with van der Waals surface area (Å²) in [5.74, 6) is 2.35. The zero-order valence-electron chi connectivity index (χ0n) is 24.2. The van der Waals surface area contributed by atoms with Gasteiger partial charge in [-0.3, -0.25) is 0 Å². The van der Waals surface area contributed by atoms with Gasteiger partial charge in [0.15, 0.2) is 0 Å². The van der Waals surface area contributed by atoms with Gasteiger partial charge in [-0.25, -0.2) is 0 Å². The molecule has 216 valence electrons. The summed E-state index contributed by atoms with van der Waals surface area (Å²) in [6, 6.07) is 40.8. The third-order valence-corrected chi connectivity index (χ3v) is 19.0. The van der Waals surface area contributed by atoms with Crippen molar-refractivity contribution in [3.8, 4) is 0 Å². The highest BCUT2D eigenvalue weighted by Gasteiger charge is 2.20. The molecule has 4 aromatic rings. The van der Waals surface area contributed by atoms with Crippen molar-refractivity contribution in [2.24, 2.45) is 0 Å². The molecule has 0 radical (unpaired) electrons. The van der Waals surface area contributed by atoms with Crippen molar-refractivity contribution in [3.63, 3.8) is 0 Å². The largest absolute Gasteiger partial charge is 0.161 e. The van der Waals surface area contributed by atoms with Gasteiger partial charge in [0, 0.05) is 0 Å². The Kier molecular flexibility index (Phi) is 13.9. The summed E-state index contributed by atoms with van der Waals surface area (Å²) in [6.45, 7) is 0. The molecule has 0 fully saturated rings. The molecule has 0 unspecified atom stereocenters. The van der Waals surface area contributed by atoms with Gasteiger partial charge in [0.25, 0.3) is 0 Å². The average Bonchev–Trinajstić information content (AvgIpc) is 3.03. The first-order valence-corrected chi connectivity index (χ1v) is 22.8. The van der Waals surface area contributed by atoms with Crippen LogP contribution in [0.2, 0.25) is 0 Å². The predicted molar refractivity (Wildman–Crippen MR) is 196 cm³/mol. The van der Waals surface area contributed by atoms with E-state index in [0.717, 1.165) is 25.7 Å². The van der Waals surface area contributed by atoms with Crippen LogP contribution in [0.5, 0.6) is 0 Å². The van der Waals surface area contributed by atoms with E-state index in [4.69, 9.17) is 23.6 Å². The van der Waals surface area contributed by atoms with Gasteiger partial charge in [0.1, 0.15) is 0 Å². The van der Waals surface area contributed by atoms with E-state index in [1.165, 1.54) is 70.7 Å². The van der Waals surface area contributed by atoms with E-state index < -0.39 is 12.1 Å². The zero-order chi connectivity index (χ0) is 28.6. The highest BCUT2D eigenvalue weighted by Crippen LogP contribution is 2.49. The second kappa shape index (κ2) is 17.6. The maximum atomic E-state index is 6.50. The van der Waals surface area contributed by atoms with Crippen LogP contribution in [0.15, 0.2) is 121 Å². The summed E-state index contributed by atoms with van der Waals surface area (Å²) in [5, 5.41) is 0. The second-order valence-electron chi connectivity index (χ2n) is 11.0. The Balaban J connectivity index is 1.31. The first kappa shape index (κ1) is 32.4. The number of aryl methyl sites for hydroxylation is 4. The topological polar surface area (TPSA) is 0 Å². The first-order valence-electron chi connectivity index (χ1n) is 14.9. The molecule has 0 bridgehead atoms. The Hall–Kier alpha value is -1.47. The third-order valence-electron chi connectivity index (χ3n) is 7.89. The Morgan fingerprint density at radius 2 is 0.610 bits per heavy atom. The van der Waals surface area contributed by atoms with Gasteiger partial charge >= 0.3 is 0 Å². The minimum absolute atomic E-state index is 1.11. The van der Waals surface area contributed by atoms with Crippen LogP contribution in [0.3, 0.4) is 0 Å². The lowest BCUT2D eigenvalue weighted by molar-refractivity contribution is 1.09. The Morgan fingerprint density at radius 3 is 0.854 bits per heavy atom. The van der Waals surface area contributed by atoms with E-state index in [1.54, 1.807) is 0 Å². The summed E-state index contributed by atoms with van der Waals surface area (Å²) in [7, 11) is 0. The van der Waals surface area contributed by atoms with E-state index in [0.29, 0.717) is 0 Å². The van der Waals surface area contributed by atoms with Gasteiger partial charge < -0.3 is 0 Å². The van der Waals surface area contributed by atoms with Gasteiger partial charge in [-0.15, -0.1) is 0 Å². The van der Waals surface area contributed by atoms with Gasteiger partial charge in [0.2, 0.25) is 0 Å². The minimum atomic E-state index is -1.44. The number of thioether (sulfide) groups is 1. The fourth-order valence-electron chi connectivity index (χ4n) is 5.14. The Bertz CT molecular complexity index is 1160. The molecule has 0 N–H and O–H groups in total. The molecule has 0 aliphatic heterocycles. The van der Waals surface area contributed by atoms with Crippen LogP contribution in [-0.4, -0.2) is 48.5 Å². The molecular weight excluding hydrogens is 591 g/mol. The van der Waals surface area contributed by atoms with Crippen molar-refractivity contribution in [3.05, 3.63) is 144 Å². The second-order valence-corrected chi connectivity index (χ2v) is 23.8. The highest BCUT2D eigenvalue weighted by molar-refractivity contribution is 8.15. The lowest BCUT2D eigenvalue weighted by Crippen LogP contribution is -2.09. The van der Waals surface area contributed by atoms with Gasteiger partial charge in [0.05, 0.1) is 0 Å². The molecule has 0 saturated heterocycles. The van der Waals surface area contributed by atoms with Crippen LogP contribution in [0.1, 0.15) is 22.3 Å². The van der Waals surface area contributed by atoms with Crippen molar-refractivity contribution in [1.29, 1.82) is 0 Å². The average molecular weight is 635 g/mol. The fraction of sp³-hybridized carbons (Fsp3) is 0.333. The number of benzene rings is 4. The van der Waals surface area contributed by atoms with E-state index in [1.807, 2.05) is 0 Å². The summed E-state index contributed by atoms with van der Waals surface area (Å²) in [5.41, 5.74) is 5.69. The van der Waals surface area contributed by atoms with E-state index in [9.17, 15) is 0 Å². The molecule has 0 aliphatic rings. The molecule has 4 aromatic carbocycles. The molecular formula is C36H44P2S3. The molecule has 0 aromatic heterocycles. The van der Waals surface area contributed by atoms with Crippen LogP contribution in [0.25, 0.3) is 0 Å². The summed E-state index contributed by atoms with van der Waals surface area (Å²) in [6.07, 6.45) is 11.5. The Morgan fingerprint density at radius 1 is 0.366 bits per heavy atom. The monoisotopic (exact) mass is 634 g/mol. The summed E-state index contributed by atoms with van der Waals surface area (Å²) >= 11 is 15.1. The molecule has 41 heavy (non-hydrogen) atoms. The van der Waals surface area contributed by atoms with Crippen molar-refractivity contribution < 1.29 is 0 Å². The fourth-order valence-corrected chi connectivity index (χ4v) is 15.5. The number of rotatable bonds is 18. The van der Waals surface area contributed by atoms with E-state index in [2.05, 4.69) is 133 Å². The van der Waals surface area contributed by atoms with Crippen LogP contribution >= 0.6 is 23.8 Å². The lowest BCUT2D eigenvalue weighted by atomic mass is 10.2. The SMILES string of the molecule is S=P(CCSCCP(=S)(CCc1ccccc1)CCc1ccccc1)(CCc1ccccc1)CCc1ccccc1. The van der Waals surface area contributed by atoms with Gasteiger partial charge in [-0.2, -0.15) is 11.8 Å². The van der Waals surface area contributed by atoms with E-state index in [-0.39, 0.29) is 0 Å². The molecule has 4 rings (SSSR count). The van der Waals surface area contributed by atoms with Crippen molar-refractivity contribution >= 4 is 47.5 Å². The minimum Gasteiger partial charge on any atom is -0.161 e. The smallest absolute Gasteiger partial charge is 0.00207 e. The molecule has 5 heteroatoms. The summed E-state index contributed by atoms with van der Waals surface area (Å²) in [4.78, 5) is 0. The molecule has 0 atom stereocenters. The van der Waals surface area contributed by atoms with Crippen LogP contribution in [0, 0.1) is 0 Å². The highest BCUT2D eigenvalue weighted by atomic mass is 32.4. The lowest BCUT2D eigenvalue weighted by Gasteiger charge is -2.24. The molecule has 0 aliphatic carbocycles. The number of hydrogen-bond donors (Lipinski definition) is 0. The Labute approximate surface area is 263 Å². The van der Waals surface area contributed by atoms with Crippen LogP contribution in [-0.2, 0) is 49.3 Å². The first-order chi connectivity index (χ1) is 20.0. The van der Waals surface area contributed by atoms with Crippen LogP contribution < -0.4 is 0 Å². The summed E-state index contributed by atoms with van der Waals surface area (Å²) < 4.78 is 0. The van der Waals surface area contributed by atoms with Crippen LogP contribution in [0.4, 0.5) is 0 Å². The van der Waals surface area contributed by atoms with Gasteiger partial charge in [-0.05, 0) is 108 Å². The molecule has 0 saturated carbocycles. The van der Waals surface area contributed by atoms with E-state index >= 15 is 0 Å².